The molecule has 13 heteroatoms. The standard InChI is InChI=1S/C27H24F4N2O7/c28-19-6-4-17(5-7-19)21(37-20-3-1-2-18(16-20)27(29,30)31)10-13-32-14-11-26(12-15-32)24-33(25(36)39-26)40-23(35)9-8-22(34)38-24/h1-9,16,21,24H,10-15H2/b9-8+/t21-,24?/m0/s1. The quantitative estimate of drug-likeness (QED) is 0.373. The maximum atomic E-state index is 13.5. The molecule has 3 aliphatic heterocycles. The molecule has 2 fully saturated rings. The number of piperidine rings is 1. The maximum absolute atomic E-state index is 13.5. The van der Waals surface area contributed by atoms with E-state index in [0.717, 1.165) is 24.3 Å². The fraction of sp³-hybridized carbons (Fsp3) is 0.370. The zero-order valence-electron chi connectivity index (χ0n) is 20.9. The van der Waals surface area contributed by atoms with Gasteiger partial charge < -0.3 is 23.9 Å². The van der Waals surface area contributed by atoms with E-state index in [1.807, 2.05) is 4.90 Å². The van der Waals surface area contributed by atoms with E-state index in [2.05, 4.69) is 0 Å². The number of hydrogen-bond acceptors (Lipinski definition) is 8. The molecule has 0 radical (unpaired) electrons. The van der Waals surface area contributed by atoms with Crippen molar-refractivity contribution in [2.45, 2.75) is 43.4 Å². The lowest BCUT2D eigenvalue weighted by Crippen LogP contribution is -2.54. The number of halogens is 4. The Hall–Kier alpha value is -4.13. The summed E-state index contributed by atoms with van der Waals surface area (Å²) in [6.45, 7) is 1.24. The molecular formula is C27H24F4N2O7. The van der Waals surface area contributed by atoms with Gasteiger partial charge in [-0.3, -0.25) is 0 Å². The first-order valence-electron chi connectivity index (χ1n) is 12.5. The van der Waals surface area contributed by atoms with Crippen LogP contribution in [-0.2, 0) is 30.1 Å². The number of hydroxylamine groups is 2. The predicted molar refractivity (Wildman–Crippen MR) is 128 cm³/mol. The van der Waals surface area contributed by atoms with Crippen LogP contribution in [-0.4, -0.2) is 59.5 Å². The van der Waals surface area contributed by atoms with Crippen molar-refractivity contribution in [2.75, 3.05) is 19.6 Å². The molecule has 2 aromatic rings. The smallest absolute Gasteiger partial charge is 0.447 e. The van der Waals surface area contributed by atoms with Gasteiger partial charge in [-0.1, -0.05) is 23.3 Å². The van der Waals surface area contributed by atoms with Crippen LogP contribution in [0.5, 0.6) is 5.75 Å². The highest BCUT2D eigenvalue weighted by molar-refractivity contribution is 5.93. The summed E-state index contributed by atoms with van der Waals surface area (Å²) in [6, 6.07) is 10.1. The van der Waals surface area contributed by atoms with Crippen LogP contribution in [0.4, 0.5) is 22.4 Å². The first-order valence-corrected chi connectivity index (χ1v) is 12.5. The van der Waals surface area contributed by atoms with Crippen LogP contribution in [0.15, 0.2) is 60.7 Å². The monoisotopic (exact) mass is 564 g/mol. The topological polar surface area (TPSA) is 94.6 Å². The van der Waals surface area contributed by atoms with Gasteiger partial charge in [-0.05, 0) is 35.9 Å². The zero-order chi connectivity index (χ0) is 28.5. The molecule has 9 nitrogen and oxygen atoms in total. The minimum absolute atomic E-state index is 0.0226. The minimum atomic E-state index is -4.53. The molecule has 1 spiro atoms. The van der Waals surface area contributed by atoms with E-state index in [9.17, 15) is 31.9 Å². The van der Waals surface area contributed by atoms with Crippen molar-refractivity contribution in [3.8, 4) is 5.75 Å². The van der Waals surface area contributed by atoms with E-state index in [-0.39, 0.29) is 18.6 Å². The van der Waals surface area contributed by atoms with Crippen LogP contribution < -0.4 is 4.74 Å². The molecule has 40 heavy (non-hydrogen) atoms. The molecule has 212 valence electrons. The molecule has 0 saturated carbocycles. The van der Waals surface area contributed by atoms with E-state index in [0.29, 0.717) is 36.7 Å². The molecule has 2 atom stereocenters. The Balaban J connectivity index is 1.26. The Kier molecular flexibility index (Phi) is 7.41. The lowest BCUT2D eigenvalue weighted by atomic mass is 9.89. The zero-order valence-corrected chi connectivity index (χ0v) is 20.9. The molecule has 3 heterocycles. The number of esters is 1. The van der Waals surface area contributed by atoms with Gasteiger partial charge in [0.2, 0.25) is 0 Å². The van der Waals surface area contributed by atoms with Crippen LogP contribution in [0, 0.1) is 5.82 Å². The van der Waals surface area contributed by atoms with E-state index >= 15 is 0 Å². The normalized spacial score (nSPS) is 22.4. The van der Waals surface area contributed by atoms with Crippen molar-refractivity contribution in [3.63, 3.8) is 0 Å². The number of fused-ring (bicyclic) bond motifs is 2. The fourth-order valence-electron chi connectivity index (χ4n) is 4.92. The number of nitrogens with zero attached hydrogens (tertiary/aromatic N) is 2. The largest absolute Gasteiger partial charge is 0.486 e. The third-order valence-corrected chi connectivity index (χ3v) is 7.00. The molecule has 0 bridgehead atoms. The summed E-state index contributed by atoms with van der Waals surface area (Å²) < 4.78 is 70.0. The summed E-state index contributed by atoms with van der Waals surface area (Å²) in [4.78, 5) is 43.3. The summed E-state index contributed by atoms with van der Waals surface area (Å²) in [5, 5.41) is 0.632. The second-order valence-electron chi connectivity index (χ2n) is 9.61. The Labute approximate surface area is 225 Å². The van der Waals surface area contributed by atoms with Gasteiger partial charge in [0, 0.05) is 51.0 Å². The molecule has 0 aromatic heterocycles. The van der Waals surface area contributed by atoms with E-state index in [4.69, 9.17) is 19.0 Å². The van der Waals surface area contributed by atoms with Crippen molar-refractivity contribution in [3.05, 3.63) is 77.6 Å². The number of benzene rings is 2. The number of amides is 1. The molecule has 0 N–H and O–H groups in total. The van der Waals surface area contributed by atoms with Gasteiger partial charge >= 0.3 is 24.2 Å². The summed E-state index contributed by atoms with van der Waals surface area (Å²) >= 11 is 0. The lowest BCUT2D eigenvalue weighted by Gasteiger charge is -2.40. The van der Waals surface area contributed by atoms with Crippen molar-refractivity contribution < 1.29 is 51.0 Å². The van der Waals surface area contributed by atoms with Gasteiger partial charge in [-0.15, -0.1) is 0 Å². The fourth-order valence-corrected chi connectivity index (χ4v) is 4.92. The predicted octanol–water partition coefficient (Wildman–Crippen LogP) is 4.54. The SMILES string of the molecule is O=C1/C=C/C(=O)ON2C(=O)OC3(CCN(CC[C@H](Oc4cccc(C(F)(F)F)c4)c4ccc(F)cc4)CC3)C2O1. The number of rotatable bonds is 6. The molecule has 3 aliphatic rings. The average Bonchev–Trinajstić information content (AvgIpc) is 3.14. The summed E-state index contributed by atoms with van der Waals surface area (Å²) in [5.74, 6) is -2.17. The van der Waals surface area contributed by atoms with Gasteiger partial charge in [0.05, 0.1) is 5.56 Å². The number of alkyl halides is 3. The van der Waals surface area contributed by atoms with Crippen LogP contribution in [0.25, 0.3) is 0 Å². The number of likely N-dealkylation sites (tertiary alicyclic amines) is 1. The van der Waals surface area contributed by atoms with Crippen LogP contribution in [0.3, 0.4) is 0 Å². The molecule has 2 aromatic carbocycles. The third kappa shape index (κ3) is 5.88. The van der Waals surface area contributed by atoms with Gasteiger partial charge in [-0.2, -0.15) is 13.2 Å². The molecule has 1 amide bonds. The highest BCUT2D eigenvalue weighted by Crippen LogP contribution is 2.40. The number of hydrogen-bond donors (Lipinski definition) is 0. The highest BCUT2D eigenvalue weighted by Gasteiger charge is 2.59. The van der Waals surface area contributed by atoms with E-state index in [1.54, 1.807) is 0 Å². The van der Waals surface area contributed by atoms with Gasteiger partial charge in [-0.25, -0.2) is 18.8 Å². The van der Waals surface area contributed by atoms with Crippen molar-refractivity contribution >= 4 is 18.0 Å². The first-order chi connectivity index (χ1) is 19.0. The Bertz CT molecular complexity index is 1310. The number of ether oxygens (including phenoxy) is 3. The van der Waals surface area contributed by atoms with Crippen molar-refractivity contribution in [2.24, 2.45) is 0 Å². The number of carbonyl (C=O) groups is 3. The molecule has 5 rings (SSSR count). The Morgan fingerprint density at radius 1 is 1.00 bits per heavy atom. The third-order valence-electron chi connectivity index (χ3n) is 7.00. The van der Waals surface area contributed by atoms with Crippen LogP contribution in [0.1, 0.15) is 36.5 Å². The summed E-state index contributed by atoms with van der Waals surface area (Å²) in [5.41, 5.74) is -1.48. The van der Waals surface area contributed by atoms with E-state index in [1.165, 1.54) is 36.4 Å². The van der Waals surface area contributed by atoms with Crippen molar-refractivity contribution in [1.82, 2.24) is 9.96 Å². The van der Waals surface area contributed by atoms with Gasteiger partial charge in [0.25, 0.3) is 6.23 Å². The Morgan fingerprint density at radius 2 is 1.70 bits per heavy atom. The molecule has 0 aliphatic carbocycles. The van der Waals surface area contributed by atoms with E-state index < -0.39 is 53.5 Å². The van der Waals surface area contributed by atoms with Gasteiger partial charge in [0.1, 0.15) is 17.7 Å². The molecule has 1 unspecified atom stereocenters. The van der Waals surface area contributed by atoms with Crippen LogP contribution in [0.2, 0.25) is 0 Å². The Morgan fingerprint density at radius 3 is 2.40 bits per heavy atom. The maximum Gasteiger partial charge on any atom is 0.447 e. The highest BCUT2D eigenvalue weighted by atomic mass is 19.4. The van der Waals surface area contributed by atoms with Crippen molar-refractivity contribution in [1.29, 1.82) is 0 Å². The van der Waals surface area contributed by atoms with Gasteiger partial charge in [0.15, 0.2) is 5.60 Å². The molecular weight excluding hydrogens is 540 g/mol. The minimum Gasteiger partial charge on any atom is -0.486 e. The van der Waals surface area contributed by atoms with Crippen LogP contribution >= 0.6 is 0 Å². The summed E-state index contributed by atoms with van der Waals surface area (Å²) in [7, 11) is 0. The molecule has 2 saturated heterocycles. The number of carbonyl (C=O) groups excluding carboxylic acids is 3. The second kappa shape index (κ2) is 10.8. The summed E-state index contributed by atoms with van der Waals surface area (Å²) in [6.07, 6.45) is -4.80. The second-order valence-corrected chi connectivity index (χ2v) is 9.61. The first kappa shape index (κ1) is 27.4. The lowest BCUT2D eigenvalue weighted by molar-refractivity contribution is -0.222. The average molecular weight is 564 g/mol.